The molecule has 9 nitrogen and oxygen atoms in total. The number of hydrogen-bond donors (Lipinski definition) is 0. The van der Waals surface area contributed by atoms with Gasteiger partial charge >= 0.3 is 5.97 Å². The lowest BCUT2D eigenvalue weighted by Gasteiger charge is -2.14. The minimum absolute atomic E-state index is 0.108. The van der Waals surface area contributed by atoms with Crippen molar-refractivity contribution in [1.82, 2.24) is 0 Å². The molecule has 0 aliphatic carbocycles. The summed E-state index contributed by atoms with van der Waals surface area (Å²) >= 11 is 0. The van der Waals surface area contributed by atoms with Gasteiger partial charge < -0.3 is 9.47 Å². The number of ether oxygens (including phenoxy) is 2. The Morgan fingerprint density at radius 2 is 1.76 bits per heavy atom. The predicted octanol–water partition coefficient (Wildman–Crippen LogP) is 3.33. The Kier molecular flexibility index (Phi) is 5.87. The fourth-order valence-corrected chi connectivity index (χ4v) is 2.74. The minimum Gasteiger partial charge on any atom is -0.494 e. The number of nitro groups is 1. The van der Waals surface area contributed by atoms with Crippen LogP contribution in [0.4, 0.5) is 11.4 Å². The molecule has 0 spiro atoms. The highest BCUT2D eigenvalue weighted by atomic mass is 16.6. The van der Waals surface area contributed by atoms with Gasteiger partial charge in [-0.15, -0.1) is 0 Å². The third kappa shape index (κ3) is 4.40. The van der Waals surface area contributed by atoms with E-state index in [4.69, 9.17) is 9.47 Å². The van der Waals surface area contributed by atoms with Crippen LogP contribution >= 0.6 is 0 Å². The molecule has 2 aromatic carbocycles. The average Bonchev–Trinajstić information content (AvgIpc) is 3.01. The fourth-order valence-electron chi connectivity index (χ4n) is 2.74. The molecule has 0 radical (unpaired) electrons. The lowest BCUT2D eigenvalue weighted by Crippen LogP contribution is -2.35. The number of non-ortho nitro benzene ring substituents is 1. The number of hydrogen-bond acceptors (Lipinski definition) is 7. The molecule has 0 fully saturated rings. The van der Waals surface area contributed by atoms with Crippen LogP contribution in [0.15, 0.2) is 53.6 Å². The first-order valence-electron chi connectivity index (χ1n) is 8.98. The highest BCUT2D eigenvalue weighted by Crippen LogP contribution is 2.27. The number of esters is 1. The summed E-state index contributed by atoms with van der Waals surface area (Å²) in [6, 6.07) is 11.9. The largest absolute Gasteiger partial charge is 0.494 e. The van der Waals surface area contributed by atoms with E-state index in [1.54, 1.807) is 31.2 Å². The summed E-state index contributed by atoms with van der Waals surface area (Å²) in [5, 5.41) is 16.0. The molecule has 1 unspecified atom stereocenters. The number of rotatable bonds is 7. The van der Waals surface area contributed by atoms with Crippen molar-refractivity contribution in [3.63, 3.8) is 0 Å². The summed E-state index contributed by atoms with van der Waals surface area (Å²) in [5.41, 5.74) is 0.675. The van der Waals surface area contributed by atoms with Crippen molar-refractivity contribution in [3.05, 3.63) is 58.6 Å². The van der Waals surface area contributed by atoms with Crippen LogP contribution < -0.4 is 14.5 Å². The molecule has 1 heterocycles. The second kappa shape index (κ2) is 8.51. The number of benzene rings is 2. The topological polar surface area (TPSA) is 111 Å². The molecule has 29 heavy (non-hydrogen) atoms. The molecule has 0 bridgehead atoms. The Hall–Kier alpha value is -3.75. The summed E-state index contributed by atoms with van der Waals surface area (Å²) in [7, 11) is 0. The summed E-state index contributed by atoms with van der Waals surface area (Å²) < 4.78 is 10.7. The molecule has 1 aliphatic heterocycles. The van der Waals surface area contributed by atoms with Crippen molar-refractivity contribution in [3.8, 4) is 11.5 Å². The Bertz CT molecular complexity index is 953. The molecule has 1 atom stereocenters. The average molecular weight is 397 g/mol. The van der Waals surface area contributed by atoms with Gasteiger partial charge in [-0.2, -0.15) is 10.1 Å². The van der Waals surface area contributed by atoms with Crippen molar-refractivity contribution < 1.29 is 24.0 Å². The molecule has 0 aromatic heterocycles. The number of carbonyl (C=O) groups excluding carboxylic acids is 2. The summed E-state index contributed by atoms with van der Waals surface area (Å²) in [4.78, 5) is 35.4. The number of anilines is 1. The van der Waals surface area contributed by atoms with E-state index in [0.717, 1.165) is 11.4 Å². The molecule has 1 aliphatic rings. The number of nitro benzene ring substituents is 1. The maximum absolute atomic E-state index is 12.7. The zero-order valence-corrected chi connectivity index (χ0v) is 15.9. The maximum atomic E-state index is 12.7. The summed E-state index contributed by atoms with van der Waals surface area (Å²) in [6.07, 6.45) is 0.883. The van der Waals surface area contributed by atoms with E-state index < -0.39 is 22.7 Å². The maximum Gasteiger partial charge on any atom is 0.329 e. The third-order valence-corrected chi connectivity index (χ3v) is 4.19. The predicted molar refractivity (Wildman–Crippen MR) is 105 cm³/mol. The van der Waals surface area contributed by atoms with Crippen LogP contribution in [0.3, 0.4) is 0 Å². The highest BCUT2D eigenvalue weighted by Gasteiger charge is 2.41. The van der Waals surface area contributed by atoms with Crippen LogP contribution in [0.5, 0.6) is 11.5 Å². The van der Waals surface area contributed by atoms with Gasteiger partial charge in [-0.05, 0) is 49.7 Å². The van der Waals surface area contributed by atoms with Gasteiger partial charge in [-0.3, -0.25) is 19.7 Å². The number of amides is 1. The molecule has 2 aromatic rings. The van der Waals surface area contributed by atoms with E-state index in [2.05, 4.69) is 5.10 Å². The van der Waals surface area contributed by atoms with E-state index in [1.165, 1.54) is 24.3 Å². The second-order valence-corrected chi connectivity index (χ2v) is 6.34. The van der Waals surface area contributed by atoms with Gasteiger partial charge in [0, 0.05) is 12.1 Å². The first-order chi connectivity index (χ1) is 13.9. The SMILES string of the molecule is CCCOc1ccc(N2N=C(C)C(C(=O)Oc3ccc([N+](=O)[O-])cc3)C2=O)cc1. The van der Waals surface area contributed by atoms with Crippen LogP contribution in [-0.4, -0.2) is 29.1 Å². The fraction of sp³-hybridized carbons (Fsp3) is 0.250. The number of hydrazone groups is 1. The van der Waals surface area contributed by atoms with E-state index in [-0.39, 0.29) is 11.4 Å². The standard InChI is InChI=1S/C20H19N3O6/c1-3-12-28-16-8-4-14(5-9-16)22-19(24)18(13(2)21-22)20(25)29-17-10-6-15(7-11-17)23(26)27/h4-11,18H,3,12H2,1-2H3. The van der Waals surface area contributed by atoms with Crippen LogP contribution in [0.1, 0.15) is 20.3 Å². The van der Waals surface area contributed by atoms with Crippen LogP contribution in [0, 0.1) is 16.0 Å². The van der Waals surface area contributed by atoms with Gasteiger partial charge in [0.2, 0.25) is 0 Å². The molecule has 1 amide bonds. The van der Waals surface area contributed by atoms with E-state index >= 15 is 0 Å². The lowest BCUT2D eigenvalue weighted by atomic mass is 10.1. The van der Waals surface area contributed by atoms with Crippen molar-refractivity contribution in [2.24, 2.45) is 11.0 Å². The van der Waals surface area contributed by atoms with Gasteiger partial charge in [0.1, 0.15) is 11.5 Å². The van der Waals surface area contributed by atoms with Crippen LogP contribution in [-0.2, 0) is 9.59 Å². The Morgan fingerprint density at radius 1 is 1.14 bits per heavy atom. The smallest absolute Gasteiger partial charge is 0.329 e. The number of nitrogens with zero attached hydrogens (tertiary/aromatic N) is 3. The number of carbonyl (C=O) groups is 2. The molecule has 150 valence electrons. The van der Waals surface area contributed by atoms with Crippen molar-refractivity contribution in [2.75, 3.05) is 11.6 Å². The first kappa shape index (κ1) is 20.0. The normalized spacial score (nSPS) is 15.8. The molecule has 0 saturated carbocycles. The molecule has 3 rings (SSSR count). The van der Waals surface area contributed by atoms with Gasteiger partial charge in [-0.25, -0.2) is 0 Å². The molecule has 0 N–H and O–H groups in total. The van der Waals surface area contributed by atoms with E-state index in [9.17, 15) is 19.7 Å². The van der Waals surface area contributed by atoms with Crippen LogP contribution in [0.25, 0.3) is 0 Å². The van der Waals surface area contributed by atoms with Gasteiger partial charge in [0.05, 0.1) is 22.9 Å². The monoisotopic (exact) mass is 397 g/mol. The van der Waals surface area contributed by atoms with E-state index in [1.807, 2.05) is 6.92 Å². The first-order valence-corrected chi connectivity index (χ1v) is 8.98. The second-order valence-electron chi connectivity index (χ2n) is 6.34. The highest BCUT2D eigenvalue weighted by molar-refractivity contribution is 6.25. The zero-order valence-electron chi connectivity index (χ0n) is 15.9. The summed E-state index contributed by atoms with van der Waals surface area (Å²) in [5.74, 6) is -1.72. The van der Waals surface area contributed by atoms with Gasteiger partial charge in [-0.1, -0.05) is 6.92 Å². The molecular formula is C20H19N3O6. The van der Waals surface area contributed by atoms with Gasteiger partial charge in [0.15, 0.2) is 5.92 Å². The van der Waals surface area contributed by atoms with Gasteiger partial charge in [0.25, 0.3) is 11.6 Å². The zero-order chi connectivity index (χ0) is 21.0. The Morgan fingerprint density at radius 3 is 2.34 bits per heavy atom. The molecular weight excluding hydrogens is 378 g/mol. The lowest BCUT2D eigenvalue weighted by molar-refractivity contribution is -0.384. The van der Waals surface area contributed by atoms with Crippen molar-refractivity contribution >= 4 is 29.0 Å². The third-order valence-electron chi connectivity index (χ3n) is 4.19. The van der Waals surface area contributed by atoms with Crippen molar-refractivity contribution in [2.45, 2.75) is 20.3 Å². The molecule has 0 saturated heterocycles. The van der Waals surface area contributed by atoms with Crippen LogP contribution in [0.2, 0.25) is 0 Å². The minimum atomic E-state index is -1.18. The Balaban J connectivity index is 1.70. The summed E-state index contributed by atoms with van der Waals surface area (Å²) in [6.45, 7) is 4.17. The van der Waals surface area contributed by atoms with E-state index in [0.29, 0.717) is 23.8 Å². The quantitative estimate of drug-likeness (QED) is 0.233. The molecule has 9 heteroatoms. The van der Waals surface area contributed by atoms with Crippen molar-refractivity contribution in [1.29, 1.82) is 0 Å². The Labute approximate surface area is 166 Å².